The van der Waals surface area contributed by atoms with E-state index in [1.165, 1.54) is 0 Å². The van der Waals surface area contributed by atoms with Gasteiger partial charge in [0.15, 0.2) is 5.54 Å². The van der Waals surface area contributed by atoms with E-state index >= 15 is 0 Å². The zero-order chi connectivity index (χ0) is 15.7. The van der Waals surface area contributed by atoms with Gasteiger partial charge in [-0.05, 0) is 54.3 Å². The van der Waals surface area contributed by atoms with Gasteiger partial charge in [0.2, 0.25) is 0 Å². The van der Waals surface area contributed by atoms with Gasteiger partial charge in [0, 0.05) is 0 Å². The van der Waals surface area contributed by atoms with Gasteiger partial charge in [-0.15, -0.1) is 0 Å². The molecular weight excluding hydrogens is 276 g/mol. The van der Waals surface area contributed by atoms with Crippen molar-refractivity contribution < 1.29 is 10.2 Å². The molecule has 0 aromatic heterocycles. The van der Waals surface area contributed by atoms with E-state index < -0.39 is 5.54 Å². The van der Waals surface area contributed by atoms with E-state index in [2.05, 4.69) is 17.2 Å². The standard InChI is InChI=1S/C18H18N2O2/c1-3-17-12(2)19-20-18(17,13-4-8-15(21)9-5-13)14-6-10-16(22)11-7-14/h4-11,21-22H,3H2,1-2H3. The fraction of sp³-hybridized carbons (Fsp3) is 0.222. The van der Waals surface area contributed by atoms with Crippen molar-refractivity contribution in [3.63, 3.8) is 0 Å². The minimum absolute atomic E-state index is 0.221. The minimum atomic E-state index is -0.680. The molecule has 0 saturated heterocycles. The maximum absolute atomic E-state index is 9.57. The third kappa shape index (κ3) is 2.08. The molecule has 4 heteroatoms. The predicted octanol–water partition coefficient (Wildman–Crippen LogP) is 4.49. The van der Waals surface area contributed by atoms with Gasteiger partial charge in [-0.3, -0.25) is 0 Å². The summed E-state index contributed by atoms with van der Waals surface area (Å²) in [7, 11) is 0. The van der Waals surface area contributed by atoms with Gasteiger partial charge in [-0.1, -0.05) is 31.2 Å². The molecule has 0 atom stereocenters. The van der Waals surface area contributed by atoms with E-state index in [4.69, 9.17) is 0 Å². The summed E-state index contributed by atoms with van der Waals surface area (Å²) in [6.07, 6.45) is 0.820. The van der Waals surface area contributed by atoms with Crippen molar-refractivity contribution in [2.24, 2.45) is 10.2 Å². The second-order valence-electron chi connectivity index (χ2n) is 5.42. The average molecular weight is 294 g/mol. The Kier molecular flexibility index (Phi) is 3.45. The van der Waals surface area contributed by atoms with E-state index in [-0.39, 0.29) is 11.5 Å². The summed E-state index contributed by atoms with van der Waals surface area (Å²) in [5, 5.41) is 28.0. The highest BCUT2D eigenvalue weighted by Gasteiger charge is 2.42. The van der Waals surface area contributed by atoms with Crippen LogP contribution in [0.1, 0.15) is 31.4 Å². The van der Waals surface area contributed by atoms with Crippen molar-refractivity contribution in [3.8, 4) is 11.5 Å². The molecule has 1 aliphatic rings. The van der Waals surface area contributed by atoms with Crippen molar-refractivity contribution in [1.82, 2.24) is 0 Å². The number of azo groups is 1. The SMILES string of the molecule is CCC1=C(C)N=NC1(c1ccc(O)cc1)c1ccc(O)cc1. The molecule has 0 radical (unpaired) electrons. The average Bonchev–Trinajstić information content (AvgIpc) is 2.86. The van der Waals surface area contributed by atoms with Crippen molar-refractivity contribution in [2.45, 2.75) is 25.8 Å². The van der Waals surface area contributed by atoms with E-state index in [9.17, 15) is 10.2 Å². The fourth-order valence-corrected chi connectivity index (χ4v) is 3.08. The Labute approximate surface area is 129 Å². The Balaban J connectivity index is 2.26. The lowest BCUT2D eigenvalue weighted by atomic mass is 9.76. The zero-order valence-electron chi connectivity index (χ0n) is 12.6. The first kappa shape index (κ1) is 14.3. The summed E-state index contributed by atoms with van der Waals surface area (Å²) in [6, 6.07) is 14.1. The lowest BCUT2D eigenvalue weighted by Crippen LogP contribution is -2.26. The van der Waals surface area contributed by atoms with Crippen LogP contribution in [0.5, 0.6) is 11.5 Å². The van der Waals surface area contributed by atoms with Crippen LogP contribution in [0.15, 0.2) is 70.0 Å². The number of phenols is 2. The first-order valence-corrected chi connectivity index (χ1v) is 7.30. The number of benzene rings is 2. The monoisotopic (exact) mass is 294 g/mol. The van der Waals surface area contributed by atoms with Crippen LogP contribution in [-0.2, 0) is 5.54 Å². The number of phenolic OH excluding ortho intramolecular Hbond substituents is 2. The van der Waals surface area contributed by atoms with Gasteiger partial charge in [0.1, 0.15) is 11.5 Å². The first-order chi connectivity index (χ1) is 10.6. The highest BCUT2D eigenvalue weighted by atomic mass is 16.3. The highest BCUT2D eigenvalue weighted by Crippen LogP contribution is 2.48. The topological polar surface area (TPSA) is 65.2 Å². The summed E-state index contributed by atoms with van der Waals surface area (Å²) in [6.45, 7) is 4.05. The van der Waals surface area contributed by atoms with E-state index in [0.717, 1.165) is 28.8 Å². The first-order valence-electron chi connectivity index (χ1n) is 7.30. The maximum Gasteiger partial charge on any atom is 0.155 e. The number of nitrogens with zero attached hydrogens (tertiary/aromatic N) is 2. The van der Waals surface area contributed by atoms with E-state index in [0.29, 0.717) is 0 Å². The molecule has 0 unspecified atom stereocenters. The molecular formula is C18H18N2O2. The smallest absolute Gasteiger partial charge is 0.155 e. The van der Waals surface area contributed by atoms with Crippen molar-refractivity contribution in [3.05, 3.63) is 70.9 Å². The largest absolute Gasteiger partial charge is 0.508 e. The number of hydrogen-bond acceptors (Lipinski definition) is 4. The molecule has 4 nitrogen and oxygen atoms in total. The van der Waals surface area contributed by atoms with Crippen molar-refractivity contribution in [2.75, 3.05) is 0 Å². The molecule has 0 spiro atoms. The normalized spacial score (nSPS) is 16.3. The number of rotatable bonds is 3. The Morgan fingerprint density at radius 3 is 1.73 bits per heavy atom. The lowest BCUT2D eigenvalue weighted by Gasteiger charge is -2.29. The molecule has 0 aliphatic carbocycles. The molecule has 2 aromatic rings. The molecule has 0 amide bonds. The van der Waals surface area contributed by atoms with E-state index in [1.807, 2.05) is 31.2 Å². The quantitative estimate of drug-likeness (QED) is 0.875. The van der Waals surface area contributed by atoms with Crippen LogP contribution in [0.2, 0.25) is 0 Å². The van der Waals surface area contributed by atoms with Crippen LogP contribution in [0.25, 0.3) is 0 Å². The molecule has 112 valence electrons. The molecule has 1 heterocycles. The van der Waals surface area contributed by atoms with Crippen LogP contribution in [0, 0.1) is 0 Å². The molecule has 22 heavy (non-hydrogen) atoms. The van der Waals surface area contributed by atoms with Gasteiger partial charge >= 0.3 is 0 Å². The number of aromatic hydroxyl groups is 2. The van der Waals surface area contributed by atoms with Gasteiger partial charge in [0.05, 0.1) is 5.70 Å². The van der Waals surface area contributed by atoms with Crippen molar-refractivity contribution in [1.29, 1.82) is 0 Å². The molecule has 3 rings (SSSR count). The van der Waals surface area contributed by atoms with Gasteiger partial charge in [-0.2, -0.15) is 10.2 Å². The molecule has 0 fully saturated rings. The Morgan fingerprint density at radius 1 is 0.864 bits per heavy atom. The zero-order valence-corrected chi connectivity index (χ0v) is 12.6. The highest BCUT2D eigenvalue weighted by molar-refractivity contribution is 5.52. The molecule has 1 aliphatic heterocycles. The van der Waals surface area contributed by atoms with Crippen LogP contribution in [0.4, 0.5) is 0 Å². The van der Waals surface area contributed by atoms with Gasteiger partial charge in [-0.25, -0.2) is 0 Å². The third-order valence-corrected chi connectivity index (χ3v) is 4.15. The summed E-state index contributed by atoms with van der Waals surface area (Å²) in [5.74, 6) is 0.441. The fourth-order valence-electron chi connectivity index (χ4n) is 3.08. The Hall–Kier alpha value is -2.62. The summed E-state index contributed by atoms with van der Waals surface area (Å²) >= 11 is 0. The van der Waals surface area contributed by atoms with Gasteiger partial charge < -0.3 is 10.2 Å². The van der Waals surface area contributed by atoms with Crippen molar-refractivity contribution >= 4 is 0 Å². The van der Waals surface area contributed by atoms with Gasteiger partial charge in [0.25, 0.3) is 0 Å². The van der Waals surface area contributed by atoms with Crippen LogP contribution < -0.4 is 0 Å². The second kappa shape index (κ2) is 5.30. The van der Waals surface area contributed by atoms with Crippen LogP contribution in [-0.4, -0.2) is 10.2 Å². The summed E-state index contributed by atoms with van der Waals surface area (Å²) in [5.41, 5.74) is 3.27. The Morgan fingerprint density at radius 2 is 1.32 bits per heavy atom. The molecule has 2 N–H and O–H groups in total. The molecule has 2 aromatic carbocycles. The molecule has 0 saturated carbocycles. The Bertz CT molecular complexity index is 698. The lowest BCUT2D eigenvalue weighted by molar-refractivity contribution is 0.474. The maximum atomic E-state index is 9.57. The van der Waals surface area contributed by atoms with Crippen LogP contribution >= 0.6 is 0 Å². The summed E-state index contributed by atoms with van der Waals surface area (Å²) < 4.78 is 0. The number of allylic oxidation sites excluding steroid dienone is 1. The second-order valence-corrected chi connectivity index (χ2v) is 5.42. The third-order valence-electron chi connectivity index (χ3n) is 4.15. The predicted molar refractivity (Wildman–Crippen MR) is 84.8 cm³/mol. The van der Waals surface area contributed by atoms with Crippen LogP contribution in [0.3, 0.4) is 0 Å². The minimum Gasteiger partial charge on any atom is -0.508 e. The summed E-state index contributed by atoms with van der Waals surface area (Å²) in [4.78, 5) is 0. The molecule has 0 bridgehead atoms. The van der Waals surface area contributed by atoms with E-state index in [1.54, 1.807) is 24.3 Å². The number of hydrogen-bond donors (Lipinski definition) is 2.